The van der Waals surface area contributed by atoms with Crippen molar-refractivity contribution in [3.05, 3.63) is 113 Å². The molecule has 2 unspecified atom stereocenters. The Kier molecular flexibility index (Phi) is 12.8. The van der Waals surface area contributed by atoms with E-state index in [1.54, 1.807) is 19.9 Å². The quantitative estimate of drug-likeness (QED) is 0.0632. The number of ether oxygens (including phenoxy) is 3. The maximum absolute atomic E-state index is 13.6. The highest BCUT2D eigenvalue weighted by Gasteiger charge is 2.52. The average Bonchev–Trinajstić information content (AvgIpc) is 3.14. The van der Waals surface area contributed by atoms with Crippen molar-refractivity contribution in [3.63, 3.8) is 0 Å². The lowest BCUT2D eigenvalue weighted by atomic mass is 9.81. The Morgan fingerprint density at radius 3 is 2.02 bits per heavy atom. The average molecular weight is 790 g/mol. The molecule has 296 valence electrons. The second-order valence-electron chi connectivity index (χ2n) is 12.4. The molecule has 0 fully saturated rings. The molecule has 12 nitrogen and oxygen atoms in total. The topological polar surface area (TPSA) is 161 Å². The standard InChI is InChI=1S/C38H33F6N3O9/c1-5-21(2)55-34(52)36(33(50)51,23-9-7-6-8-10-23)20-54-35(53)56-25-15-17-28(27(19-25)32(49)47(3)4)45-31(48)26-16-18-29(38(42,43)44)46-30(26)22-11-13-24(14-12-22)37(39,40)41/h6-19,21H,5,20H2,1-4H3,(H,45,48)(H,50,51). The first-order chi connectivity index (χ1) is 26.2. The third-order valence-electron chi connectivity index (χ3n) is 8.26. The van der Waals surface area contributed by atoms with Crippen molar-refractivity contribution >= 4 is 35.6 Å². The van der Waals surface area contributed by atoms with Gasteiger partial charge in [-0.1, -0.05) is 49.4 Å². The molecule has 2 atom stereocenters. The summed E-state index contributed by atoms with van der Waals surface area (Å²) in [4.78, 5) is 70.2. The molecule has 3 aromatic carbocycles. The van der Waals surface area contributed by atoms with Crippen LogP contribution >= 0.6 is 0 Å². The Morgan fingerprint density at radius 1 is 0.821 bits per heavy atom. The lowest BCUT2D eigenvalue weighted by Gasteiger charge is -2.28. The number of nitrogens with one attached hydrogen (secondary N) is 1. The van der Waals surface area contributed by atoms with Gasteiger partial charge in [0, 0.05) is 19.7 Å². The van der Waals surface area contributed by atoms with Gasteiger partial charge in [-0.15, -0.1) is 0 Å². The van der Waals surface area contributed by atoms with Crippen LogP contribution in [0.5, 0.6) is 5.75 Å². The molecule has 0 saturated heterocycles. The molecule has 0 spiro atoms. The number of esters is 1. The maximum atomic E-state index is 13.6. The first-order valence-electron chi connectivity index (χ1n) is 16.5. The highest BCUT2D eigenvalue weighted by atomic mass is 19.4. The van der Waals surface area contributed by atoms with Gasteiger partial charge in [0.25, 0.3) is 11.8 Å². The number of hydrogen-bond acceptors (Lipinski definition) is 9. The predicted octanol–water partition coefficient (Wildman–Crippen LogP) is 7.62. The minimum Gasteiger partial charge on any atom is -0.480 e. The summed E-state index contributed by atoms with van der Waals surface area (Å²) in [6.07, 6.45) is -11.6. The Labute approximate surface area is 315 Å². The van der Waals surface area contributed by atoms with E-state index in [1.807, 2.05) is 0 Å². The second kappa shape index (κ2) is 16.9. The SMILES string of the molecule is CCC(C)OC(=O)C(COC(=O)Oc1ccc(NC(=O)c2ccc(C(F)(F)F)nc2-c2ccc(C(F)(F)F)cc2)c(C(=O)N(C)C)c1)(C(=O)O)c1ccccc1. The van der Waals surface area contributed by atoms with Gasteiger partial charge in [-0.2, -0.15) is 26.3 Å². The Balaban J connectivity index is 1.65. The molecule has 56 heavy (non-hydrogen) atoms. The van der Waals surface area contributed by atoms with Gasteiger partial charge in [-0.05, 0) is 61.4 Å². The summed E-state index contributed by atoms with van der Waals surface area (Å²) in [5, 5.41) is 12.6. The molecular formula is C38H33F6N3O9. The van der Waals surface area contributed by atoms with Gasteiger partial charge in [0.05, 0.1) is 34.2 Å². The summed E-state index contributed by atoms with van der Waals surface area (Å²) in [5.74, 6) is -5.13. The summed E-state index contributed by atoms with van der Waals surface area (Å²) >= 11 is 0. The molecule has 2 amide bonds. The van der Waals surface area contributed by atoms with E-state index in [4.69, 9.17) is 14.2 Å². The van der Waals surface area contributed by atoms with E-state index in [9.17, 15) is 55.4 Å². The van der Waals surface area contributed by atoms with Crippen LogP contribution in [0.2, 0.25) is 0 Å². The Morgan fingerprint density at radius 2 is 1.46 bits per heavy atom. The van der Waals surface area contributed by atoms with Crippen LogP contribution in [0.25, 0.3) is 11.3 Å². The summed E-state index contributed by atoms with van der Waals surface area (Å²) in [6, 6.07) is 14.5. The number of hydrogen-bond donors (Lipinski definition) is 2. The van der Waals surface area contributed by atoms with Gasteiger partial charge in [0.15, 0.2) is 0 Å². The van der Waals surface area contributed by atoms with Gasteiger partial charge in [-0.3, -0.25) is 19.2 Å². The van der Waals surface area contributed by atoms with Crippen molar-refractivity contribution in [3.8, 4) is 17.0 Å². The number of nitrogens with zero attached hydrogens (tertiary/aromatic N) is 2. The van der Waals surface area contributed by atoms with E-state index >= 15 is 0 Å². The van der Waals surface area contributed by atoms with Crippen molar-refractivity contribution in [1.29, 1.82) is 0 Å². The predicted molar refractivity (Wildman–Crippen MR) is 186 cm³/mol. The van der Waals surface area contributed by atoms with E-state index in [0.717, 1.165) is 41.3 Å². The first-order valence-corrected chi connectivity index (χ1v) is 16.5. The summed E-state index contributed by atoms with van der Waals surface area (Å²) in [6.45, 7) is 2.18. The molecule has 0 radical (unpaired) electrons. The van der Waals surface area contributed by atoms with Crippen LogP contribution in [0.3, 0.4) is 0 Å². The van der Waals surface area contributed by atoms with Crippen LogP contribution in [-0.2, 0) is 36.8 Å². The van der Waals surface area contributed by atoms with Crippen LogP contribution in [-0.4, -0.2) is 71.7 Å². The molecule has 1 aromatic heterocycles. The third-order valence-corrected chi connectivity index (χ3v) is 8.26. The summed E-state index contributed by atoms with van der Waals surface area (Å²) in [7, 11) is 2.68. The fraction of sp³-hybridized carbons (Fsp3) is 0.263. The van der Waals surface area contributed by atoms with E-state index in [2.05, 4.69) is 10.3 Å². The number of pyridine rings is 1. The number of alkyl halides is 6. The zero-order valence-corrected chi connectivity index (χ0v) is 29.9. The van der Waals surface area contributed by atoms with E-state index < -0.39 is 82.9 Å². The molecule has 4 rings (SSSR count). The van der Waals surface area contributed by atoms with Crippen molar-refractivity contribution in [2.75, 3.05) is 26.0 Å². The number of halogens is 6. The lowest BCUT2D eigenvalue weighted by molar-refractivity contribution is -0.167. The number of carbonyl (C=O) groups is 5. The van der Waals surface area contributed by atoms with Gasteiger partial charge >= 0.3 is 30.4 Å². The van der Waals surface area contributed by atoms with Crippen LogP contribution in [0, 0.1) is 0 Å². The van der Waals surface area contributed by atoms with Crippen LogP contribution in [0.4, 0.5) is 36.8 Å². The zero-order valence-electron chi connectivity index (χ0n) is 29.9. The van der Waals surface area contributed by atoms with Crippen molar-refractivity contribution in [1.82, 2.24) is 9.88 Å². The van der Waals surface area contributed by atoms with E-state index in [0.29, 0.717) is 24.6 Å². The second-order valence-corrected chi connectivity index (χ2v) is 12.4. The van der Waals surface area contributed by atoms with Gasteiger partial charge in [-0.25, -0.2) is 9.78 Å². The molecular weight excluding hydrogens is 756 g/mol. The summed E-state index contributed by atoms with van der Waals surface area (Å²) in [5.41, 5.74) is -7.02. The van der Waals surface area contributed by atoms with Crippen molar-refractivity contribution < 1.29 is 69.6 Å². The van der Waals surface area contributed by atoms with Gasteiger partial charge in [0.2, 0.25) is 5.41 Å². The maximum Gasteiger partial charge on any atom is 0.513 e. The molecule has 0 aliphatic rings. The van der Waals surface area contributed by atoms with Gasteiger partial charge in [0.1, 0.15) is 18.1 Å². The number of aliphatic carboxylic acids is 1. The van der Waals surface area contributed by atoms with Crippen LogP contribution < -0.4 is 10.1 Å². The van der Waals surface area contributed by atoms with E-state index in [1.165, 1.54) is 38.4 Å². The minimum atomic E-state index is -4.98. The number of benzene rings is 3. The summed E-state index contributed by atoms with van der Waals surface area (Å²) < 4.78 is 96.0. The number of aromatic nitrogens is 1. The zero-order chi connectivity index (χ0) is 41.6. The minimum absolute atomic E-state index is 0.0581. The van der Waals surface area contributed by atoms with Crippen molar-refractivity contribution in [2.45, 2.75) is 44.1 Å². The van der Waals surface area contributed by atoms with Crippen molar-refractivity contribution in [2.24, 2.45) is 0 Å². The third kappa shape index (κ3) is 9.60. The lowest BCUT2D eigenvalue weighted by Crippen LogP contribution is -2.50. The highest BCUT2D eigenvalue weighted by molar-refractivity contribution is 6.11. The largest absolute Gasteiger partial charge is 0.513 e. The molecule has 0 aliphatic heterocycles. The molecule has 4 aromatic rings. The number of rotatable bonds is 12. The smallest absolute Gasteiger partial charge is 0.480 e. The molecule has 18 heteroatoms. The molecule has 0 bridgehead atoms. The first kappa shape index (κ1) is 42.3. The fourth-order valence-electron chi connectivity index (χ4n) is 5.06. The monoisotopic (exact) mass is 789 g/mol. The van der Waals surface area contributed by atoms with E-state index in [-0.39, 0.29) is 28.1 Å². The molecule has 0 saturated carbocycles. The molecule has 0 aliphatic carbocycles. The van der Waals surface area contributed by atoms with Gasteiger partial charge < -0.3 is 29.5 Å². The van der Waals surface area contributed by atoms with Crippen LogP contribution in [0.1, 0.15) is 57.8 Å². The Hall–Kier alpha value is -6.46. The number of amides is 2. The number of anilines is 1. The Bertz CT molecular complexity index is 2110. The molecule has 2 N–H and O–H groups in total. The molecule has 1 heterocycles. The highest BCUT2D eigenvalue weighted by Crippen LogP contribution is 2.35. The number of carboxylic acid groups (broad SMARTS) is 1. The van der Waals surface area contributed by atoms with Crippen LogP contribution in [0.15, 0.2) is 84.9 Å². The fourth-order valence-corrected chi connectivity index (χ4v) is 5.06. The normalized spacial score (nSPS) is 13.1. The number of carbonyl (C=O) groups excluding carboxylic acids is 4. The number of carboxylic acids is 1.